The largest absolute Gasteiger partial charge is 0.465 e. The van der Waals surface area contributed by atoms with Crippen molar-refractivity contribution in [3.8, 4) is 11.1 Å². The standard InChI is InChI=1S/C30H35ClN2O7S2/c1-20(2)41-28-18-23(11-12-26(28)29(36)32-42(39,40)16-4-15-34)22-9-7-21(8-10-22)13-14-33(30(37)38)19-27(35)24-5-3-6-25(31)17-24/h3,5-12,17-18,20,27,34-35H,4,13-16,19H2,1-2H3,(H,32,36)(H,37,38)/t27-/m1/s1. The molecule has 3 aromatic rings. The fraction of sp³-hybridized carbons (Fsp3) is 0.333. The molecule has 1 atom stereocenters. The van der Waals surface area contributed by atoms with Crippen LogP contribution in [-0.4, -0.2) is 71.3 Å². The molecule has 0 aliphatic carbocycles. The number of sulfonamides is 1. The minimum Gasteiger partial charge on any atom is -0.465 e. The van der Waals surface area contributed by atoms with E-state index >= 15 is 0 Å². The average molecular weight is 635 g/mol. The number of carboxylic acid groups (broad SMARTS) is 1. The van der Waals surface area contributed by atoms with Gasteiger partial charge in [0.15, 0.2) is 0 Å². The zero-order valence-corrected chi connectivity index (χ0v) is 25.8. The van der Waals surface area contributed by atoms with Crippen LogP contribution in [0.15, 0.2) is 71.6 Å². The van der Waals surface area contributed by atoms with Gasteiger partial charge in [-0.1, -0.05) is 67.9 Å². The minimum atomic E-state index is -3.87. The fourth-order valence-corrected chi connectivity index (χ4v) is 6.36. The van der Waals surface area contributed by atoms with E-state index in [1.54, 1.807) is 36.4 Å². The molecule has 0 unspecified atom stereocenters. The molecule has 4 N–H and O–H groups in total. The van der Waals surface area contributed by atoms with E-state index < -0.39 is 28.1 Å². The number of nitrogens with zero attached hydrogens (tertiary/aromatic N) is 1. The molecule has 0 aliphatic heterocycles. The van der Waals surface area contributed by atoms with Gasteiger partial charge in [0.25, 0.3) is 5.91 Å². The summed E-state index contributed by atoms with van der Waals surface area (Å²) in [4.78, 5) is 26.4. The fourth-order valence-electron chi connectivity index (χ4n) is 4.16. The number of thioether (sulfide) groups is 1. The van der Waals surface area contributed by atoms with Crippen LogP contribution in [0.25, 0.3) is 11.1 Å². The molecule has 0 spiro atoms. The first kappa shape index (κ1) is 33.4. The van der Waals surface area contributed by atoms with Gasteiger partial charge in [0.2, 0.25) is 10.0 Å². The summed E-state index contributed by atoms with van der Waals surface area (Å²) in [5.41, 5.74) is 3.40. The van der Waals surface area contributed by atoms with Crippen LogP contribution in [-0.2, 0) is 16.4 Å². The third-order valence-corrected chi connectivity index (χ3v) is 8.88. The van der Waals surface area contributed by atoms with E-state index in [0.717, 1.165) is 16.7 Å². The van der Waals surface area contributed by atoms with Gasteiger partial charge in [-0.25, -0.2) is 17.9 Å². The summed E-state index contributed by atoms with van der Waals surface area (Å²) in [6.07, 6.45) is -1.67. The second kappa shape index (κ2) is 15.4. The number of amides is 2. The molecule has 0 aliphatic rings. The maximum atomic E-state index is 12.8. The lowest BCUT2D eigenvalue weighted by atomic mass is 10.0. The molecule has 2 amide bonds. The number of carbonyl (C=O) groups is 2. The molecule has 0 saturated carbocycles. The first-order chi connectivity index (χ1) is 19.9. The van der Waals surface area contributed by atoms with Gasteiger partial charge in [-0.3, -0.25) is 4.79 Å². The van der Waals surface area contributed by atoms with Gasteiger partial charge in [-0.2, -0.15) is 0 Å². The number of halogens is 1. The minimum absolute atomic E-state index is 0.0322. The number of aliphatic hydroxyl groups excluding tert-OH is 2. The van der Waals surface area contributed by atoms with E-state index in [-0.39, 0.29) is 42.7 Å². The zero-order chi connectivity index (χ0) is 30.9. The summed E-state index contributed by atoms with van der Waals surface area (Å²) in [6, 6.07) is 19.5. The van der Waals surface area contributed by atoms with E-state index in [0.29, 0.717) is 21.9 Å². The molecule has 3 rings (SSSR count). The number of rotatable bonds is 14. The molecule has 0 saturated heterocycles. The van der Waals surface area contributed by atoms with Crippen molar-refractivity contribution in [2.75, 3.05) is 25.4 Å². The van der Waals surface area contributed by atoms with Crippen molar-refractivity contribution < 1.29 is 33.3 Å². The summed E-state index contributed by atoms with van der Waals surface area (Å²) in [6.45, 7) is 3.75. The molecule has 0 fully saturated rings. The van der Waals surface area contributed by atoms with Crippen molar-refractivity contribution in [2.24, 2.45) is 0 Å². The van der Waals surface area contributed by atoms with Crippen molar-refractivity contribution >= 4 is 45.4 Å². The Hall–Kier alpha value is -3.09. The summed E-state index contributed by atoms with van der Waals surface area (Å²) >= 11 is 7.43. The Labute approximate surface area is 255 Å². The highest BCUT2D eigenvalue weighted by Gasteiger charge is 2.21. The van der Waals surface area contributed by atoms with Crippen molar-refractivity contribution in [3.63, 3.8) is 0 Å². The highest BCUT2D eigenvalue weighted by atomic mass is 35.5. The van der Waals surface area contributed by atoms with Gasteiger partial charge in [-0.05, 0) is 59.4 Å². The van der Waals surface area contributed by atoms with Crippen LogP contribution in [0.1, 0.15) is 47.9 Å². The average Bonchev–Trinajstić information content (AvgIpc) is 2.93. The quantitative estimate of drug-likeness (QED) is 0.177. The van der Waals surface area contributed by atoms with Gasteiger partial charge < -0.3 is 20.2 Å². The Balaban J connectivity index is 1.71. The first-order valence-corrected chi connectivity index (χ1v) is 16.3. The van der Waals surface area contributed by atoms with Crippen LogP contribution in [0.5, 0.6) is 0 Å². The van der Waals surface area contributed by atoms with E-state index in [9.17, 15) is 28.2 Å². The number of benzene rings is 3. The highest BCUT2D eigenvalue weighted by molar-refractivity contribution is 8.00. The van der Waals surface area contributed by atoms with E-state index in [1.165, 1.54) is 16.7 Å². The van der Waals surface area contributed by atoms with Gasteiger partial charge >= 0.3 is 6.09 Å². The number of nitrogens with one attached hydrogen (secondary N) is 1. The Bertz CT molecular complexity index is 1480. The summed E-state index contributed by atoms with van der Waals surface area (Å²) in [7, 11) is -3.87. The maximum Gasteiger partial charge on any atom is 0.407 e. The summed E-state index contributed by atoms with van der Waals surface area (Å²) < 4.78 is 26.5. The molecule has 3 aromatic carbocycles. The number of carbonyl (C=O) groups excluding carboxylic acids is 1. The molecule has 12 heteroatoms. The van der Waals surface area contributed by atoms with Crippen molar-refractivity contribution in [3.05, 3.63) is 88.4 Å². The lowest BCUT2D eigenvalue weighted by Crippen LogP contribution is -2.35. The van der Waals surface area contributed by atoms with Crippen LogP contribution < -0.4 is 4.72 Å². The van der Waals surface area contributed by atoms with Crippen molar-refractivity contribution in [1.29, 1.82) is 0 Å². The lowest BCUT2D eigenvalue weighted by molar-refractivity contribution is 0.0971. The smallest absolute Gasteiger partial charge is 0.407 e. The maximum absolute atomic E-state index is 12.8. The van der Waals surface area contributed by atoms with E-state index in [2.05, 4.69) is 4.72 Å². The second-order valence-corrected chi connectivity index (χ2v) is 13.8. The third kappa shape index (κ3) is 10.0. The highest BCUT2D eigenvalue weighted by Crippen LogP contribution is 2.32. The third-order valence-electron chi connectivity index (χ3n) is 6.26. The van der Waals surface area contributed by atoms with Crippen LogP contribution in [0.4, 0.5) is 4.79 Å². The second-order valence-electron chi connectivity index (χ2n) is 9.95. The Morgan fingerprint density at radius 1 is 1.02 bits per heavy atom. The van der Waals surface area contributed by atoms with Crippen LogP contribution in [0.3, 0.4) is 0 Å². The predicted octanol–water partition coefficient (Wildman–Crippen LogP) is 5.21. The van der Waals surface area contributed by atoms with Crippen LogP contribution in [0.2, 0.25) is 5.02 Å². The molecular formula is C30H35ClN2O7S2. The molecule has 0 aromatic heterocycles. The predicted molar refractivity (Wildman–Crippen MR) is 166 cm³/mol. The van der Waals surface area contributed by atoms with E-state index in [4.69, 9.17) is 16.7 Å². The number of hydrogen-bond donors (Lipinski definition) is 4. The zero-order valence-electron chi connectivity index (χ0n) is 23.4. The van der Waals surface area contributed by atoms with Crippen LogP contribution >= 0.6 is 23.4 Å². The van der Waals surface area contributed by atoms with Gasteiger partial charge in [0.05, 0.1) is 24.0 Å². The van der Waals surface area contributed by atoms with Crippen LogP contribution in [0, 0.1) is 0 Å². The monoisotopic (exact) mass is 634 g/mol. The number of hydrogen-bond acceptors (Lipinski definition) is 7. The summed E-state index contributed by atoms with van der Waals surface area (Å²) in [5, 5.41) is 29.7. The Morgan fingerprint density at radius 2 is 1.71 bits per heavy atom. The van der Waals surface area contributed by atoms with Gasteiger partial charge in [-0.15, -0.1) is 11.8 Å². The molecular weight excluding hydrogens is 600 g/mol. The molecule has 42 heavy (non-hydrogen) atoms. The molecule has 9 nitrogen and oxygen atoms in total. The molecule has 226 valence electrons. The van der Waals surface area contributed by atoms with E-state index in [1.807, 2.05) is 44.2 Å². The van der Waals surface area contributed by atoms with Crippen molar-refractivity contribution in [1.82, 2.24) is 9.62 Å². The SMILES string of the molecule is CC(C)Sc1cc(-c2ccc(CCN(C[C@@H](O)c3cccc(Cl)c3)C(=O)O)cc2)ccc1C(=O)NS(=O)(=O)CCCO. The first-order valence-electron chi connectivity index (χ1n) is 13.4. The number of aliphatic hydroxyl groups is 2. The molecule has 0 bridgehead atoms. The molecule has 0 radical (unpaired) electrons. The van der Waals surface area contributed by atoms with Gasteiger partial charge in [0.1, 0.15) is 0 Å². The molecule has 0 heterocycles. The normalized spacial score (nSPS) is 12.2. The topological polar surface area (TPSA) is 144 Å². The Morgan fingerprint density at radius 3 is 2.33 bits per heavy atom. The van der Waals surface area contributed by atoms with Crippen molar-refractivity contribution in [2.45, 2.75) is 42.9 Å². The van der Waals surface area contributed by atoms with Gasteiger partial charge in [0, 0.05) is 28.3 Å². The summed E-state index contributed by atoms with van der Waals surface area (Å²) in [5.74, 6) is -1.07. The Kier molecular flexibility index (Phi) is 12.3. The lowest BCUT2D eigenvalue weighted by Gasteiger charge is -2.23.